The van der Waals surface area contributed by atoms with Gasteiger partial charge in [0.2, 0.25) is 5.91 Å². The van der Waals surface area contributed by atoms with E-state index < -0.39 is 0 Å². The van der Waals surface area contributed by atoms with Gasteiger partial charge in [-0.3, -0.25) is 10.1 Å². The van der Waals surface area contributed by atoms with Gasteiger partial charge < -0.3 is 9.64 Å². The summed E-state index contributed by atoms with van der Waals surface area (Å²) in [5, 5.41) is 3.18. The number of carbonyl (C=O) groups is 1. The molecule has 0 spiro atoms. The number of methoxy groups -OCH3 is 1. The summed E-state index contributed by atoms with van der Waals surface area (Å²) >= 11 is 0. The highest BCUT2D eigenvalue weighted by Crippen LogP contribution is 2.14. The van der Waals surface area contributed by atoms with Crippen LogP contribution >= 0.6 is 0 Å². The maximum atomic E-state index is 11.7. The largest absolute Gasteiger partial charge is 0.497 e. The molecule has 0 aromatic heterocycles. The minimum absolute atomic E-state index is 0.0848. The van der Waals surface area contributed by atoms with Crippen LogP contribution in [0.15, 0.2) is 24.3 Å². The van der Waals surface area contributed by atoms with Crippen molar-refractivity contribution < 1.29 is 9.53 Å². The number of likely N-dealkylation sites (N-methyl/N-ethyl adjacent to an activating group) is 1. The lowest BCUT2D eigenvalue weighted by molar-refractivity contribution is -0.127. The van der Waals surface area contributed by atoms with Gasteiger partial charge in [-0.25, -0.2) is 0 Å². The van der Waals surface area contributed by atoms with Gasteiger partial charge in [0.1, 0.15) is 5.75 Å². The van der Waals surface area contributed by atoms with Crippen molar-refractivity contribution in [1.82, 2.24) is 10.2 Å². The number of ether oxygens (including phenoxy) is 1. The predicted octanol–water partition coefficient (Wildman–Crippen LogP) is 0.625. The first-order chi connectivity index (χ1) is 7.70. The standard InChI is InChI=1S/C12H16N2O2/c1-14-8-13-11(12(14)15)7-9-3-5-10(16-2)6-4-9/h3-6,11,13H,7-8H2,1-2H3/t11-/m0/s1. The maximum Gasteiger partial charge on any atom is 0.240 e. The fourth-order valence-electron chi connectivity index (χ4n) is 1.84. The van der Waals surface area contributed by atoms with Gasteiger partial charge in [-0.2, -0.15) is 0 Å². The molecule has 1 amide bonds. The molecule has 1 aliphatic heterocycles. The first-order valence-electron chi connectivity index (χ1n) is 5.32. The summed E-state index contributed by atoms with van der Waals surface area (Å²) in [6, 6.07) is 7.73. The Hall–Kier alpha value is -1.55. The van der Waals surface area contributed by atoms with Crippen molar-refractivity contribution in [2.24, 2.45) is 0 Å². The van der Waals surface area contributed by atoms with Crippen molar-refractivity contribution in [1.29, 1.82) is 0 Å². The highest BCUT2D eigenvalue weighted by molar-refractivity contribution is 5.83. The average Bonchev–Trinajstić information content (AvgIpc) is 2.62. The molecule has 0 unspecified atom stereocenters. The highest BCUT2D eigenvalue weighted by Gasteiger charge is 2.28. The van der Waals surface area contributed by atoms with E-state index in [1.165, 1.54) is 0 Å². The molecule has 16 heavy (non-hydrogen) atoms. The second-order valence-corrected chi connectivity index (χ2v) is 4.00. The third kappa shape index (κ3) is 2.17. The van der Waals surface area contributed by atoms with Crippen LogP contribution in [-0.2, 0) is 11.2 Å². The van der Waals surface area contributed by atoms with Gasteiger partial charge in [-0.05, 0) is 24.1 Å². The van der Waals surface area contributed by atoms with Gasteiger partial charge >= 0.3 is 0 Å². The van der Waals surface area contributed by atoms with Crippen LogP contribution in [0.2, 0.25) is 0 Å². The molecule has 1 heterocycles. The number of nitrogens with zero attached hydrogens (tertiary/aromatic N) is 1. The number of benzene rings is 1. The SMILES string of the molecule is COc1ccc(C[C@@H]2NCN(C)C2=O)cc1. The van der Waals surface area contributed by atoms with Crippen LogP contribution in [0.25, 0.3) is 0 Å². The minimum Gasteiger partial charge on any atom is -0.497 e. The number of nitrogens with one attached hydrogen (secondary N) is 1. The molecule has 1 aromatic carbocycles. The Balaban J connectivity index is 2.01. The van der Waals surface area contributed by atoms with E-state index in [0.717, 1.165) is 17.7 Å². The van der Waals surface area contributed by atoms with Crippen LogP contribution in [0.4, 0.5) is 0 Å². The molecule has 1 atom stereocenters. The summed E-state index contributed by atoms with van der Waals surface area (Å²) < 4.78 is 5.09. The lowest BCUT2D eigenvalue weighted by Gasteiger charge is -2.09. The van der Waals surface area contributed by atoms with Gasteiger partial charge in [-0.15, -0.1) is 0 Å². The summed E-state index contributed by atoms with van der Waals surface area (Å²) in [5.74, 6) is 1.00. The third-order valence-electron chi connectivity index (χ3n) is 2.85. The Morgan fingerprint density at radius 3 is 2.62 bits per heavy atom. The molecular formula is C12H16N2O2. The van der Waals surface area contributed by atoms with E-state index in [2.05, 4.69) is 5.32 Å². The second-order valence-electron chi connectivity index (χ2n) is 4.00. The van der Waals surface area contributed by atoms with Crippen molar-refractivity contribution in [3.63, 3.8) is 0 Å². The van der Waals surface area contributed by atoms with E-state index in [9.17, 15) is 4.79 Å². The molecule has 1 fully saturated rings. The van der Waals surface area contributed by atoms with Crippen molar-refractivity contribution in [3.8, 4) is 5.75 Å². The van der Waals surface area contributed by atoms with E-state index in [4.69, 9.17) is 4.74 Å². The van der Waals surface area contributed by atoms with Crippen LogP contribution in [0.5, 0.6) is 5.75 Å². The molecule has 0 radical (unpaired) electrons. The van der Waals surface area contributed by atoms with Crippen molar-refractivity contribution in [2.45, 2.75) is 12.5 Å². The molecule has 0 bridgehead atoms. The highest BCUT2D eigenvalue weighted by atomic mass is 16.5. The number of hydrogen-bond acceptors (Lipinski definition) is 3. The van der Waals surface area contributed by atoms with E-state index in [0.29, 0.717) is 6.67 Å². The molecule has 0 saturated carbocycles. The Bertz CT molecular complexity index is 375. The molecule has 4 nitrogen and oxygen atoms in total. The summed E-state index contributed by atoms with van der Waals surface area (Å²) in [6.45, 7) is 0.639. The van der Waals surface area contributed by atoms with Crippen LogP contribution in [0.1, 0.15) is 5.56 Å². The zero-order valence-corrected chi connectivity index (χ0v) is 9.56. The van der Waals surface area contributed by atoms with E-state index >= 15 is 0 Å². The Kier molecular flexibility index (Phi) is 3.10. The fourth-order valence-corrected chi connectivity index (χ4v) is 1.84. The van der Waals surface area contributed by atoms with Gasteiger partial charge in [0.05, 0.1) is 19.8 Å². The summed E-state index contributed by atoms with van der Waals surface area (Å²) in [5.41, 5.74) is 1.14. The molecule has 1 N–H and O–H groups in total. The molecule has 2 rings (SSSR count). The normalized spacial score (nSPS) is 20.2. The number of carbonyl (C=O) groups excluding carboxylic acids is 1. The minimum atomic E-state index is -0.0848. The molecule has 1 aromatic rings. The number of rotatable bonds is 3. The van der Waals surface area contributed by atoms with Crippen LogP contribution in [0.3, 0.4) is 0 Å². The van der Waals surface area contributed by atoms with Crippen LogP contribution < -0.4 is 10.1 Å². The van der Waals surface area contributed by atoms with Gasteiger partial charge in [0.25, 0.3) is 0 Å². The topological polar surface area (TPSA) is 41.6 Å². The van der Waals surface area contributed by atoms with Crippen molar-refractivity contribution in [3.05, 3.63) is 29.8 Å². The molecule has 1 aliphatic rings. The monoisotopic (exact) mass is 220 g/mol. The van der Waals surface area contributed by atoms with Crippen LogP contribution in [0, 0.1) is 0 Å². The number of hydrogen-bond donors (Lipinski definition) is 1. The second kappa shape index (κ2) is 4.53. The zero-order valence-electron chi connectivity index (χ0n) is 9.56. The molecule has 0 aliphatic carbocycles. The van der Waals surface area contributed by atoms with Crippen LogP contribution in [-0.4, -0.2) is 37.7 Å². The quantitative estimate of drug-likeness (QED) is 0.812. The fraction of sp³-hybridized carbons (Fsp3) is 0.417. The number of amides is 1. The molecule has 86 valence electrons. The van der Waals surface area contributed by atoms with Crippen molar-refractivity contribution >= 4 is 5.91 Å². The van der Waals surface area contributed by atoms with E-state index in [-0.39, 0.29) is 11.9 Å². The van der Waals surface area contributed by atoms with Gasteiger partial charge in [0, 0.05) is 7.05 Å². The molecule has 4 heteroatoms. The lowest BCUT2D eigenvalue weighted by Crippen LogP contribution is -2.30. The average molecular weight is 220 g/mol. The van der Waals surface area contributed by atoms with Gasteiger partial charge in [-0.1, -0.05) is 12.1 Å². The first kappa shape index (κ1) is 11.0. The Labute approximate surface area is 95.2 Å². The Morgan fingerprint density at radius 2 is 2.12 bits per heavy atom. The van der Waals surface area contributed by atoms with E-state index in [1.807, 2.05) is 31.3 Å². The molecular weight excluding hydrogens is 204 g/mol. The maximum absolute atomic E-state index is 11.7. The third-order valence-corrected chi connectivity index (χ3v) is 2.85. The summed E-state index contributed by atoms with van der Waals surface area (Å²) in [7, 11) is 3.45. The summed E-state index contributed by atoms with van der Waals surface area (Å²) in [4.78, 5) is 13.4. The lowest BCUT2D eigenvalue weighted by atomic mass is 10.1. The smallest absolute Gasteiger partial charge is 0.240 e. The molecule has 1 saturated heterocycles. The zero-order chi connectivity index (χ0) is 11.5. The van der Waals surface area contributed by atoms with Crippen molar-refractivity contribution in [2.75, 3.05) is 20.8 Å². The summed E-state index contributed by atoms with van der Waals surface area (Å²) in [6.07, 6.45) is 0.729. The first-order valence-corrected chi connectivity index (χ1v) is 5.32. The van der Waals surface area contributed by atoms with E-state index in [1.54, 1.807) is 12.0 Å². The Morgan fingerprint density at radius 1 is 1.44 bits per heavy atom. The predicted molar refractivity (Wildman–Crippen MR) is 61.3 cm³/mol. The van der Waals surface area contributed by atoms with Gasteiger partial charge in [0.15, 0.2) is 0 Å².